The van der Waals surface area contributed by atoms with Gasteiger partial charge in [0.25, 0.3) is 0 Å². The Morgan fingerprint density at radius 3 is 2.88 bits per heavy atom. The van der Waals surface area contributed by atoms with Crippen molar-refractivity contribution in [3.8, 4) is 0 Å². The summed E-state index contributed by atoms with van der Waals surface area (Å²) in [6.45, 7) is 4.59. The number of hydrogen-bond acceptors (Lipinski definition) is 2. The Bertz CT molecular complexity index is 345. The smallest absolute Gasteiger partial charge is 0.0399 e. The summed E-state index contributed by atoms with van der Waals surface area (Å²) in [6.07, 6.45) is 5.07. The second-order valence-electron chi connectivity index (χ2n) is 4.93. The molecule has 1 unspecified atom stereocenters. The quantitative estimate of drug-likeness (QED) is 0.858. The number of likely N-dealkylation sites (N-methyl/N-ethyl adjacent to an activating group) is 1. The van der Waals surface area contributed by atoms with Crippen molar-refractivity contribution in [3.63, 3.8) is 0 Å². The van der Waals surface area contributed by atoms with Crippen LogP contribution in [0.15, 0.2) is 24.3 Å². The zero-order valence-electron chi connectivity index (χ0n) is 11.1. The van der Waals surface area contributed by atoms with Crippen LogP contribution in [-0.4, -0.2) is 26.2 Å². The first-order valence-electron chi connectivity index (χ1n) is 6.85. The van der Waals surface area contributed by atoms with Gasteiger partial charge in [-0.15, -0.1) is 0 Å². The minimum Gasteiger partial charge on any atom is -0.370 e. The first-order chi connectivity index (χ1) is 8.35. The number of para-hydroxylation sites is 1. The molecule has 0 aromatic heterocycles. The number of fused-ring (bicyclic) bond motifs is 1. The Kier molecular flexibility index (Phi) is 4.43. The first kappa shape index (κ1) is 12.4. The number of rotatable bonds is 4. The second kappa shape index (κ2) is 6.06. The highest BCUT2D eigenvalue weighted by Gasteiger charge is 2.17. The lowest BCUT2D eigenvalue weighted by atomic mass is 10.1. The number of nitrogens with zero attached hydrogens (tertiary/aromatic N) is 1. The molecule has 1 N–H and O–H groups in total. The van der Waals surface area contributed by atoms with E-state index in [-0.39, 0.29) is 0 Å². The van der Waals surface area contributed by atoms with Crippen molar-refractivity contribution in [2.24, 2.45) is 0 Å². The molecule has 1 aromatic carbocycles. The molecule has 1 heterocycles. The molecule has 0 fully saturated rings. The highest BCUT2D eigenvalue weighted by atomic mass is 15.2. The minimum atomic E-state index is 0.598. The van der Waals surface area contributed by atoms with Crippen LogP contribution in [-0.2, 0) is 6.42 Å². The fraction of sp³-hybridized carbons (Fsp3) is 0.600. The van der Waals surface area contributed by atoms with Crippen molar-refractivity contribution < 1.29 is 0 Å². The van der Waals surface area contributed by atoms with E-state index in [4.69, 9.17) is 0 Å². The lowest BCUT2D eigenvalue weighted by Crippen LogP contribution is -2.39. The number of hydrogen-bond donors (Lipinski definition) is 1. The molecular weight excluding hydrogens is 208 g/mol. The molecule has 0 saturated carbocycles. The van der Waals surface area contributed by atoms with Crippen molar-refractivity contribution in [3.05, 3.63) is 29.8 Å². The van der Waals surface area contributed by atoms with Gasteiger partial charge < -0.3 is 10.2 Å². The molecule has 2 nitrogen and oxygen atoms in total. The van der Waals surface area contributed by atoms with Gasteiger partial charge in [-0.1, -0.05) is 25.1 Å². The summed E-state index contributed by atoms with van der Waals surface area (Å²) in [4.78, 5) is 2.56. The summed E-state index contributed by atoms with van der Waals surface area (Å²) >= 11 is 0. The van der Waals surface area contributed by atoms with Gasteiger partial charge in [-0.2, -0.15) is 0 Å². The molecule has 2 heteroatoms. The van der Waals surface area contributed by atoms with Crippen LogP contribution in [0.3, 0.4) is 0 Å². The Hall–Kier alpha value is -1.02. The van der Waals surface area contributed by atoms with Gasteiger partial charge in [0.1, 0.15) is 0 Å². The molecule has 2 rings (SSSR count). The summed E-state index contributed by atoms with van der Waals surface area (Å²) < 4.78 is 0. The first-order valence-corrected chi connectivity index (χ1v) is 6.85. The Labute approximate surface area is 105 Å². The Balaban J connectivity index is 2.16. The summed E-state index contributed by atoms with van der Waals surface area (Å²) in [5.41, 5.74) is 2.98. The van der Waals surface area contributed by atoms with Crippen LogP contribution in [0.5, 0.6) is 0 Å². The Morgan fingerprint density at radius 1 is 1.29 bits per heavy atom. The molecule has 0 amide bonds. The predicted octanol–water partition coefficient (Wildman–Crippen LogP) is 2.83. The average molecular weight is 232 g/mol. The van der Waals surface area contributed by atoms with Gasteiger partial charge in [-0.3, -0.25) is 0 Å². The highest BCUT2D eigenvalue weighted by Crippen LogP contribution is 2.26. The Morgan fingerprint density at radius 2 is 2.12 bits per heavy atom. The molecule has 0 spiro atoms. The zero-order valence-corrected chi connectivity index (χ0v) is 11.1. The third-order valence-electron chi connectivity index (χ3n) is 3.80. The lowest BCUT2D eigenvalue weighted by molar-refractivity contribution is 0.528. The molecule has 1 atom stereocenters. The number of nitrogens with one attached hydrogen (secondary N) is 1. The molecule has 1 aliphatic rings. The van der Waals surface area contributed by atoms with E-state index in [1.165, 1.54) is 43.5 Å². The molecule has 0 saturated heterocycles. The zero-order chi connectivity index (χ0) is 12.1. The summed E-state index contributed by atoms with van der Waals surface area (Å²) in [6, 6.07) is 9.49. The average Bonchev–Trinajstić information content (AvgIpc) is 2.58. The predicted molar refractivity (Wildman–Crippen MR) is 74.7 cm³/mol. The van der Waals surface area contributed by atoms with Crippen molar-refractivity contribution in [2.75, 3.05) is 25.0 Å². The molecule has 17 heavy (non-hydrogen) atoms. The second-order valence-corrected chi connectivity index (χ2v) is 4.93. The van der Waals surface area contributed by atoms with Crippen molar-refractivity contribution in [1.82, 2.24) is 5.32 Å². The maximum absolute atomic E-state index is 3.41. The third-order valence-corrected chi connectivity index (χ3v) is 3.80. The molecular formula is C15H24N2. The number of benzene rings is 1. The van der Waals surface area contributed by atoms with Gasteiger partial charge in [-0.05, 0) is 44.4 Å². The molecule has 0 aliphatic carbocycles. The van der Waals surface area contributed by atoms with Crippen LogP contribution < -0.4 is 10.2 Å². The molecule has 1 aromatic rings. The SMILES string of the molecule is CCC(CN1CCCCc2ccccc21)NC. The standard InChI is InChI=1S/C15H24N2/c1-3-14(16-2)12-17-11-7-6-9-13-8-4-5-10-15(13)17/h4-5,8,10,14,16H,3,6-7,9,11-12H2,1-2H3. The fourth-order valence-electron chi connectivity index (χ4n) is 2.65. The largest absolute Gasteiger partial charge is 0.370 e. The van der Waals surface area contributed by atoms with Crippen molar-refractivity contribution in [2.45, 2.75) is 38.6 Å². The number of aryl methyl sites for hydroxylation is 1. The molecule has 0 bridgehead atoms. The third kappa shape index (κ3) is 3.01. The van der Waals surface area contributed by atoms with Crippen LogP contribution in [0.2, 0.25) is 0 Å². The van der Waals surface area contributed by atoms with Gasteiger partial charge in [0, 0.05) is 24.8 Å². The van der Waals surface area contributed by atoms with Crippen LogP contribution in [0.4, 0.5) is 5.69 Å². The summed E-state index contributed by atoms with van der Waals surface area (Å²) in [5.74, 6) is 0. The van der Waals surface area contributed by atoms with Crippen molar-refractivity contribution >= 4 is 5.69 Å². The number of anilines is 1. The molecule has 1 aliphatic heterocycles. The van der Waals surface area contributed by atoms with Crippen LogP contribution in [0.1, 0.15) is 31.7 Å². The van der Waals surface area contributed by atoms with E-state index in [1.54, 1.807) is 0 Å². The fourth-order valence-corrected chi connectivity index (χ4v) is 2.65. The van der Waals surface area contributed by atoms with E-state index in [9.17, 15) is 0 Å². The van der Waals surface area contributed by atoms with Crippen LogP contribution in [0, 0.1) is 0 Å². The monoisotopic (exact) mass is 232 g/mol. The highest BCUT2D eigenvalue weighted by molar-refractivity contribution is 5.54. The van der Waals surface area contributed by atoms with Gasteiger partial charge in [-0.25, -0.2) is 0 Å². The van der Waals surface area contributed by atoms with E-state index in [2.05, 4.69) is 48.5 Å². The topological polar surface area (TPSA) is 15.3 Å². The molecule has 0 radical (unpaired) electrons. The van der Waals surface area contributed by atoms with Gasteiger partial charge in [0.2, 0.25) is 0 Å². The van der Waals surface area contributed by atoms with Crippen LogP contribution >= 0.6 is 0 Å². The van der Waals surface area contributed by atoms with E-state index >= 15 is 0 Å². The normalized spacial score (nSPS) is 17.4. The summed E-state index contributed by atoms with van der Waals surface area (Å²) in [7, 11) is 2.07. The summed E-state index contributed by atoms with van der Waals surface area (Å²) in [5, 5.41) is 3.41. The van der Waals surface area contributed by atoms with Crippen LogP contribution in [0.25, 0.3) is 0 Å². The van der Waals surface area contributed by atoms with Gasteiger partial charge in [0.05, 0.1) is 0 Å². The van der Waals surface area contributed by atoms with E-state index < -0.39 is 0 Å². The maximum atomic E-state index is 3.41. The van der Waals surface area contributed by atoms with E-state index in [0.29, 0.717) is 6.04 Å². The van der Waals surface area contributed by atoms with Crippen molar-refractivity contribution in [1.29, 1.82) is 0 Å². The molecule has 94 valence electrons. The van der Waals surface area contributed by atoms with E-state index in [1.807, 2.05) is 0 Å². The minimum absolute atomic E-state index is 0.598. The van der Waals surface area contributed by atoms with Gasteiger partial charge >= 0.3 is 0 Å². The van der Waals surface area contributed by atoms with E-state index in [0.717, 1.165) is 6.54 Å². The van der Waals surface area contributed by atoms with Gasteiger partial charge in [0.15, 0.2) is 0 Å². The lowest BCUT2D eigenvalue weighted by Gasteiger charge is -2.29. The maximum Gasteiger partial charge on any atom is 0.0399 e.